The third-order valence-corrected chi connectivity index (χ3v) is 4.37. The Morgan fingerprint density at radius 3 is 2.72 bits per heavy atom. The fourth-order valence-corrected chi connectivity index (χ4v) is 3.12. The number of nitrogens with two attached hydrogens (primary N) is 1. The maximum Gasteiger partial charge on any atom is 0.223 e. The van der Waals surface area contributed by atoms with Crippen LogP contribution in [0.4, 0.5) is 0 Å². The monoisotopic (exact) mass is 254 g/mol. The molecule has 2 rings (SSSR count). The molecule has 1 amide bonds. The molecule has 0 aliphatic carbocycles. The van der Waals surface area contributed by atoms with Gasteiger partial charge < -0.3 is 15.4 Å². The lowest BCUT2D eigenvalue weighted by atomic mass is 9.90. The summed E-state index contributed by atoms with van der Waals surface area (Å²) < 4.78 is 5.34. The summed E-state index contributed by atoms with van der Waals surface area (Å²) >= 11 is 0. The zero-order chi connectivity index (χ0) is 13.0. The molecule has 2 aliphatic rings. The third-order valence-electron chi connectivity index (χ3n) is 4.37. The number of ether oxygens (including phenoxy) is 1. The predicted octanol–water partition coefficient (Wildman–Crippen LogP) is 1.39. The van der Waals surface area contributed by atoms with Crippen LogP contribution >= 0.6 is 0 Å². The summed E-state index contributed by atoms with van der Waals surface area (Å²) in [6, 6.07) is 0.265. The molecule has 4 nitrogen and oxygen atoms in total. The number of carbonyl (C=O) groups is 1. The van der Waals surface area contributed by atoms with Gasteiger partial charge >= 0.3 is 0 Å². The highest BCUT2D eigenvalue weighted by Crippen LogP contribution is 2.25. The average Bonchev–Trinajstić information content (AvgIpc) is 2.39. The van der Waals surface area contributed by atoms with Crippen molar-refractivity contribution in [3.8, 4) is 0 Å². The van der Waals surface area contributed by atoms with Crippen LogP contribution in [0.15, 0.2) is 0 Å². The van der Waals surface area contributed by atoms with Gasteiger partial charge in [-0.15, -0.1) is 0 Å². The Balaban J connectivity index is 1.86. The van der Waals surface area contributed by atoms with E-state index in [0.717, 1.165) is 45.4 Å². The lowest BCUT2D eigenvalue weighted by molar-refractivity contribution is -0.137. The molecule has 2 atom stereocenters. The number of carbonyl (C=O) groups excluding carboxylic acids is 1. The number of nitrogens with zero attached hydrogens (tertiary/aromatic N) is 1. The van der Waals surface area contributed by atoms with Crippen LogP contribution in [-0.4, -0.2) is 43.2 Å². The Labute approximate surface area is 110 Å². The fraction of sp³-hybridized carbons (Fsp3) is 0.929. The number of amides is 1. The van der Waals surface area contributed by atoms with Crippen molar-refractivity contribution >= 4 is 5.91 Å². The molecule has 2 fully saturated rings. The number of rotatable bonds is 3. The van der Waals surface area contributed by atoms with Crippen molar-refractivity contribution in [2.75, 3.05) is 26.3 Å². The number of likely N-dealkylation sites (tertiary alicyclic amines) is 1. The maximum atomic E-state index is 12.4. The first-order valence-corrected chi connectivity index (χ1v) is 7.28. The molecule has 104 valence electrons. The van der Waals surface area contributed by atoms with E-state index in [1.54, 1.807) is 0 Å². The van der Waals surface area contributed by atoms with E-state index in [1.807, 2.05) is 4.90 Å². The smallest absolute Gasteiger partial charge is 0.223 e. The van der Waals surface area contributed by atoms with Gasteiger partial charge in [0.2, 0.25) is 5.91 Å². The predicted molar refractivity (Wildman–Crippen MR) is 71.1 cm³/mol. The number of piperidine rings is 1. The van der Waals surface area contributed by atoms with Crippen molar-refractivity contribution < 1.29 is 9.53 Å². The van der Waals surface area contributed by atoms with E-state index in [1.165, 1.54) is 0 Å². The second-order valence-electron chi connectivity index (χ2n) is 5.87. The molecule has 0 saturated carbocycles. The zero-order valence-corrected chi connectivity index (χ0v) is 11.4. The Morgan fingerprint density at radius 2 is 2.06 bits per heavy atom. The molecule has 18 heavy (non-hydrogen) atoms. The summed E-state index contributed by atoms with van der Waals surface area (Å²) in [7, 11) is 0. The van der Waals surface area contributed by atoms with Crippen molar-refractivity contribution in [3.63, 3.8) is 0 Å². The topological polar surface area (TPSA) is 55.6 Å². The van der Waals surface area contributed by atoms with Crippen LogP contribution in [-0.2, 0) is 9.53 Å². The van der Waals surface area contributed by atoms with Crippen molar-refractivity contribution in [2.24, 2.45) is 17.6 Å². The van der Waals surface area contributed by atoms with Gasteiger partial charge in [-0.2, -0.15) is 0 Å². The van der Waals surface area contributed by atoms with Crippen molar-refractivity contribution in [2.45, 2.75) is 45.1 Å². The van der Waals surface area contributed by atoms with Gasteiger partial charge in [-0.05, 0) is 37.5 Å². The van der Waals surface area contributed by atoms with E-state index in [-0.39, 0.29) is 6.04 Å². The van der Waals surface area contributed by atoms with Gasteiger partial charge in [-0.25, -0.2) is 0 Å². The second kappa shape index (κ2) is 6.53. The molecule has 2 aliphatic heterocycles. The van der Waals surface area contributed by atoms with E-state index in [2.05, 4.69) is 6.92 Å². The lowest BCUT2D eigenvalue weighted by Crippen LogP contribution is -2.49. The average molecular weight is 254 g/mol. The first-order chi connectivity index (χ1) is 8.70. The van der Waals surface area contributed by atoms with Crippen LogP contribution in [0.25, 0.3) is 0 Å². The fourth-order valence-electron chi connectivity index (χ4n) is 3.12. The molecule has 0 aromatic heterocycles. The molecular weight excluding hydrogens is 228 g/mol. The molecule has 0 aromatic rings. The SMILES string of the molecule is CC1CCN(C(=O)CC2CCOCC2)C(CN)C1. The van der Waals surface area contributed by atoms with Crippen molar-refractivity contribution in [3.05, 3.63) is 0 Å². The largest absolute Gasteiger partial charge is 0.381 e. The van der Waals surface area contributed by atoms with E-state index in [0.29, 0.717) is 30.7 Å². The minimum Gasteiger partial charge on any atom is -0.381 e. The van der Waals surface area contributed by atoms with Crippen LogP contribution in [0.2, 0.25) is 0 Å². The Morgan fingerprint density at radius 1 is 1.33 bits per heavy atom. The van der Waals surface area contributed by atoms with Gasteiger partial charge in [0.15, 0.2) is 0 Å². The van der Waals surface area contributed by atoms with Crippen LogP contribution < -0.4 is 5.73 Å². The molecule has 4 heteroatoms. The normalized spacial score (nSPS) is 30.4. The molecule has 0 radical (unpaired) electrons. The third kappa shape index (κ3) is 3.45. The first-order valence-electron chi connectivity index (χ1n) is 7.28. The van der Waals surface area contributed by atoms with Gasteiger partial charge in [0.25, 0.3) is 0 Å². The molecule has 2 N–H and O–H groups in total. The highest BCUT2D eigenvalue weighted by atomic mass is 16.5. The Bertz CT molecular complexity index is 277. The van der Waals surface area contributed by atoms with E-state index < -0.39 is 0 Å². The van der Waals surface area contributed by atoms with Crippen molar-refractivity contribution in [1.29, 1.82) is 0 Å². The lowest BCUT2D eigenvalue weighted by Gasteiger charge is -2.39. The van der Waals surface area contributed by atoms with Gasteiger partial charge in [-0.1, -0.05) is 6.92 Å². The number of hydrogen-bond acceptors (Lipinski definition) is 3. The van der Waals surface area contributed by atoms with Crippen LogP contribution in [0.3, 0.4) is 0 Å². The molecular formula is C14H26N2O2. The van der Waals surface area contributed by atoms with E-state index in [9.17, 15) is 4.79 Å². The summed E-state index contributed by atoms with van der Waals surface area (Å²) in [5.74, 6) is 1.53. The van der Waals surface area contributed by atoms with E-state index in [4.69, 9.17) is 10.5 Å². The van der Waals surface area contributed by atoms with Gasteiger partial charge in [-0.3, -0.25) is 4.79 Å². The van der Waals surface area contributed by atoms with Crippen molar-refractivity contribution in [1.82, 2.24) is 4.90 Å². The maximum absolute atomic E-state index is 12.4. The molecule has 2 heterocycles. The summed E-state index contributed by atoms with van der Waals surface area (Å²) in [6.45, 7) is 5.38. The molecule has 0 spiro atoms. The number of hydrogen-bond donors (Lipinski definition) is 1. The Hall–Kier alpha value is -0.610. The second-order valence-corrected chi connectivity index (χ2v) is 5.87. The first kappa shape index (κ1) is 13.8. The zero-order valence-electron chi connectivity index (χ0n) is 11.4. The van der Waals surface area contributed by atoms with Crippen LogP contribution in [0, 0.1) is 11.8 Å². The highest BCUT2D eigenvalue weighted by Gasteiger charge is 2.30. The summed E-state index contributed by atoms with van der Waals surface area (Å²) in [5, 5.41) is 0. The van der Waals surface area contributed by atoms with E-state index >= 15 is 0 Å². The molecule has 0 bridgehead atoms. The molecule has 0 aromatic carbocycles. The summed E-state index contributed by atoms with van der Waals surface area (Å²) in [4.78, 5) is 14.4. The molecule has 2 saturated heterocycles. The minimum absolute atomic E-state index is 0.265. The van der Waals surface area contributed by atoms with Crippen LogP contribution in [0.1, 0.15) is 39.0 Å². The summed E-state index contributed by atoms with van der Waals surface area (Å²) in [6.07, 6.45) is 4.94. The highest BCUT2D eigenvalue weighted by molar-refractivity contribution is 5.77. The minimum atomic E-state index is 0.265. The Kier molecular flexibility index (Phi) is 5.01. The van der Waals surface area contributed by atoms with Gasteiger partial charge in [0.1, 0.15) is 0 Å². The quantitative estimate of drug-likeness (QED) is 0.828. The van der Waals surface area contributed by atoms with Crippen LogP contribution in [0.5, 0.6) is 0 Å². The van der Waals surface area contributed by atoms with Gasteiger partial charge in [0, 0.05) is 38.8 Å². The molecule has 2 unspecified atom stereocenters. The van der Waals surface area contributed by atoms with Gasteiger partial charge in [0.05, 0.1) is 0 Å². The summed E-state index contributed by atoms with van der Waals surface area (Å²) in [5.41, 5.74) is 5.81. The standard InChI is InChI=1S/C14H26N2O2/c1-11-2-5-16(13(8-11)10-15)14(17)9-12-3-6-18-7-4-12/h11-13H,2-10,15H2,1H3.